The van der Waals surface area contributed by atoms with E-state index in [9.17, 15) is 4.79 Å². The van der Waals surface area contributed by atoms with Crippen LogP contribution in [-0.4, -0.2) is 60.0 Å². The van der Waals surface area contributed by atoms with Gasteiger partial charge in [0, 0.05) is 38.1 Å². The van der Waals surface area contributed by atoms with Gasteiger partial charge in [0.05, 0.1) is 17.1 Å². The van der Waals surface area contributed by atoms with Gasteiger partial charge in [0.15, 0.2) is 0 Å². The molecule has 9 heteroatoms. The number of benzene rings is 1. The molecule has 0 atom stereocenters. The molecule has 1 aromatic carbocycles. The van der Waals surface area contributed by atoms with Crippen molar-refractivity contribution in [2.75, 3.05) is 49.2 Å². The topological polar surface area (TPSA) is 74.5 Å². The van der Waals surface area contributed by atoms with Crippen LogP contribution < -0.4 is 10.2 Å². The third-order valence-corrected chi connectivity index (χ3v) is 4.96. The van der Waals surface area contributed by atoms with Gasteiger partial charge >= 0.3 is 0 Å². The first kappa shape index (κ1) is 18.0. The molecule has 2 aromatic rings. The Bertz CT molecular complexity index is 746. The Labute approximate surface area is 155 Å². The Hall–Kier alpha value is -1.77. The Morgan fingerprint density at radius 3 is 2.76 bits per heavy atom. The van der Waals surface area contributed by atoms with Crippen LogP contribution in [0, 0.1) is 6.92 Å². The van der Waals surface area contributed by atoms with Crippen molar-refractivity contribution < 1.29 is 9.21 Å². The van der Waals surface area contributed by atoms with E-state index in [0.717, 1.165) is 37.6 Å². The number of anilines is 2. The maximum Gasteiger partial charge on any atom is 0.277 e. The first-order valence-electron chi connectivity index (χ1n) is 7.97. The van der Waals surface area contributed by atoms with Crippen molar-refractivity contribution in [3.63, 3.8) is 0 Å². The summed E-state index contributed by atoms with van der Waals surface area (Å²) in [5.41, 5.74) is 1.72. The molecule has 3 rings (SSSR count). The van der Waals surface area contributed by atoms with E-state index in [0.29, 0.717) is 16.1 Å². The van der Waals surface area contributed by atoms with Crippen LogP contribution in [0.1, 0.15) is 5.89 Å². The van der Waals surface area contributed by atoms with Crippen LogP contribution >= 0.6 is 23.4 Å². The van der Waals surface area contributed by atoms with Crippen molar-refractivity contribution in [2.45, 2.75) is 12.1 Å². The molecule has 0 saturated carbocycles. The number of aryl methyl sites for hydroxylation is 1. The van der Waals surface area contributed by atoms with Crippen LogP contribution in [0.5, 0.6) is 0 Å². The molecule has 134 valence electrons. The fourth-order valence-corrected chi connectivity index (χ4v) is 3.36. The van der Waals surface area contributed by atoms with E-state index in [1.54, 1.807) is 13.0 Å². The minimum absolute atomic E-state index is 0.140. The van der Waals surface area contributed by atoms with E-state index in [2.05, 4.69) is 32.4 Å². The molecule has 1 saturated heterocycles. The van der Waals surface area contributed by atoms with Crippen molar-refractivity contribution in [1.82, 2.24) is 15.1 Å². The fraction of sp³-hybridized carbons (Fsp3) is 0.438. The number of hydrogen-bond donors (Lipinski definition) is 1. The summed E-state index contributed by atoms with van der Waals surface area (Å²) in [7, 11) is 2.11. The largest absolute Gasteiger partial charge is 0.416 e. The zero-order valence-corrected chi connectivity index (χ0v) is 15.7. The lowest BCUT2D eigenvalue weighted by Gasteiger charge is -2.35. The highest BCUT2D eigenvalue weighted by molar-refractivity contribution is 7.99. The number of carbonyl (C=O) groups is 1. The van der Waals surface area contributed by atoms with Crippen molar-refractivity contribution in [3.05, 3.63) is 29.1 Å². The molecular formula is C16H20ClN5O2S. The molecule has 0 aliphatic carbocycles. The van der Waals surface area contributed by atoms with Crippen LogP contribution in [0.2, 0.25) is 5.02 Å². The normalized spacial score (nSPS) is 15.4. The molecular weight excluding hydrogens is 362 g/mol. The van der Waals surface area contributed by atoms with Gasteiger partial charge in [-0.25, -0.2) is 0 Å². The maximum atomic E-state index is 12.3. The van der Waals surface area contributed by atoms with Gasteiger partial charge in [0.25, 0.3) is 5.22 Å². The van der Waals surface area contributed by atoms with Gasteiger partial charge in [-0.05, 0) is 25.2 Å². The predicted octanol–water partition coefficient (Wildman–Crippen LogP) is 2.51. The van der Waals surface area contributed by atoms with E-state index in [1.807, 2.05) is 12.1 Å². The first-order chi connectivity index (χ1) is 12.0. The molecule has 0 radical (unpaired) electrons. The number of rotatable bonds is 5. The second kappa shape index (κ2) is 8.07. The highest BCUT2D eigenvalue weighted by atomic mass is 35.5. The summed E-state index contributed by atoms with van der Waals surface area (Å²) in [6.07, 6.45) is 0. The molecule has 7 nitrogen and oxygen atoms in total. The van der Waals surface area contributed by atoms with E-state index >= 15 is 0 Å². The van der Waals surface area contributed by atoms with Gasteiger partial charge in [-0.2, -0.15) is 0 Å². The number of hydrogen-bond acceptors (Lipinski definition) is 7. The second-order valence-corrected chi connectivity index (χ2v) is 7.24. The summed E-state index contributed by atoms with van der Waals surface area (Å²) in [5, 5.41) is 11.5. The summed E-state index contributed by atoms with van der Waals surface area (Å²) in [5.74, 6) is 0.532. The Balaban J connectivity index is 1.66. The number of piperazine rings is 1. The smallest absolute Gasteiger partial charge is 0.277 e. The Morgan fingerprint density at radius 2 is 2.08 bits per heavy atom. The van der Waals surface area contributed by atoms with Gasteiger partial charge in [0.2, 0.25) is 11.8 Å². The van der Waals surface area contributed by atoms with E-state index in [1.165, 1.54) is 11.8 Å². The van der Waals surface area contributed by atoms with Gasteiger partial charge in [0.1, 0.15) is 0 Å². The zero-order valence-electron chi connectivity index (χ0n) is 14.2. The standard InChI is InChI=1S/C16H20ClN5O2S/c1-11-19-20-16(24-11)25-10-15(23)18-13-9-12(17)3-4-14(13)22-7-5-21(2)6-8-22/h3-4,9H,5-8,10H2,1-2H3,(H,18,23). The van der Waals surface area contributed by atoms with Gasteiger partial charge in [-0.1, -0.05) is 23.4 Å². The molecule has 1 fully saturated rings. The monoisotopic (exact) mass is 381 g/mol. The quantitative estimate of drug-likeness (QED) is 0.797. The van der Waals surface area contributed by atoms with E-state index in [-0.39, 0.29) is 11.7 Å². The number of nitrogens with zero attached hydrogens (tertiary/aromatic N) is 4. The number of amides is 1. The molecule has 0 unspecified atom stereocenters. The lowest BCUT2D eigenvalue weighted by molar-refractivity contribution is -0.113. The lowest BCUT2D eigenvalue weighted by atomic mass is 10.2. The Kier molecular flexibility index (Phi) is 5.82. The SMILES string of the molecule is Cc1nnc(SCC(=O)Nc2cc(Cl)ccc2N2CCN(C)CC2)o1. The molecule has 25 heavy (non-hydrogen) atoms. The van der Waals surface area contributed by atoms with Crippen LogP contribution in [-0.2, 0) is 4.79 Å². The lowest BCUT2D eigenvalue weighted by Crippen LogP contribution is -2.44. The average Bonchev–Trinajstić information content (AvgIpc) is 3.00. The number of aromatic nitrogens is 2. The molecule has 1 aliphatic heterocycles. The summed E-state index contributed by atoms with van der Waals surface area (Å²) >= 11 is 7.33. The number of carbonyl (C=O) groups excluding carboxylic acids is 1. The van der Waals surface area contributed by atoms with E-state index in [4.69, 9.17) is 16.0 Å². The summed E-state index contributed by atoms with van der Waals surface area (Å²) in [6.45, 7) is 5.52. The third kappa shape index (κ3) is 4.87. The molecule has 1 amide bonds. The van der Waals surface area contributed by atoms with Crippen LogP contribution in [0.15, 0.2) is 27.8 Å². The summed E-state index contributed by atoms with van der Waals surface area (Å²) in [4.78, 5) is 16.8. The summed E-state index contributed by atoms with van der Waals surface area (Å²) in [6, 6.07) is 5.59. The first-order valence-corrected chi connectivity index (χ1v) is 9.33. The molecule has 1 N–H and O–H groups in total. The number of halogens is 1. The van der Waals surface area contributed by atoms with Crippen molar-refractivity contribution in [3.8, 4) is 0 Å². The second-order valence-electron chi connectivity index (χ2n) is 5.88. The highest BCUT2D eigenvalue weighted by Gasteiger charge is 2.18. The summed E-state index contributed by atoms with van der Waals surface area (Å²) < 4.78 is 5.26. The minimum Gasteiger partial charge on any atom is -0.416 e. The van der Waals surface area contributed by atoms with Crippen LogP contribution in [0.3, 0.4) is 0 Å². The van der Waals surface area contributed by atoms with Gasteiger partial charge in [-0.3, -0.25) is 4.79 Å². The number of likely N-dealkylation sites (N-methyl/N-ethyl adjacent to an activating group) is 1. The zero-order chi connectivity index (χ0) is 17.8. The number of thioether (sulfide) groups is 1. The van der Waals surface area contributed by atoms with Crippen LogP contribution in [0.25, 0.3) is 0 Å². The number of nitrogens with one attached hydrogen (secondary N) is 1. The maximum absolute atomic E-state index is 12.3. The minimum atomic E-state index is -0.140. The van der Waals surface area contributed by atoms with Crippen molar-refractivity contribution in [1.29, 1.82) is 0 Å². The van der Waals surface area contributed by atoms with Crippen LogP contribution in [0.4, 0.5) is 11.4 Å². The Morgan fingerprint density at radius 1 is 1.32 bits per heavy atom. The molecule has 0 spiro atoms. The van der Waals surface area contributed by atoms with E-state index < -0.39 is 0 Å². The predicted molar refractivity (Wildman–Crippen MR) is 99.6 cm³/mol. The molecule has 0 bridgehead atoms. The highest BCUT2D eigenvalue weighted by Crippen LogP contribution is 2.30. The van der Waals surface area contributed by atoms with Gasteiger partial charge in [-0.15, -0.1) is 10.2 Å². The average molecular weight is 382 g/mol. The molecule has 2 heterocycles. The molecule has 1 aliphatic rings. The third-order valence-electron chi connectivity index (χ3n) is 3.91. The van der Waals surface area contributed by atoms with Crippen molar-refractivity contribution >= 4 is 40.6 Å². The molecule has 1 aromatic heterocycles. The fourth-order valence-electron chi connectivity index (χ4n) is 2.58. The van der Waals surface area contributed by atoms with Crippen molar-refractivity contribution in [2.24, 2.45) is 0 Å². The van der Waals surface area contributed by atoms with Gasteiger partial charge < -0.3 is 19.5 Å².